The predicted octanol–water partition coefficient (Wildman–Crippen LogP) is 3.30. The third kappa shape index (κ3) is 4.69. The SMILES string of the molecule is COc1ccc(C2(CNC(=O)C(C)C3CNC3)CCCCC2)cc1OC.Cl. The largest absolute Gasteiger partial charge is 0.493 e. The van der Waals surface area contributed by atoms with Gasteiger partial charge in [-0.1, -0.05) is 32.3 Å². The highest BCUT2D eigenvalue weighted by molar-refractivity contribution is 5.85. The maximum atomic E-state index is 12.6. The van der Waals surface area contributed by atoms with Crippen molar-refractivity contribution in [1.82, 2.24) is 10.6 Å². The Labute approximate surface area is 169 Å². The lowest BCUT2D eigenvalue weighted by atomic mass is 9.69. The average molecular weight is 397 g/mol. The van der Waals surface area contributed by atoms with Crippen LogP contribution < -0.4 is 20.1 Å². The van der Waals surface area contributed by atoms with E-state index in [1.807, 2.05) is 13.0 Å². The van der Waals surface area contributed by atoms with Crippen molar-refractivity contribution < 1.29 is 14.3 Å². The minimum atomic E-state index is -0.00888. The Balaban J connectivity index is 0.00000261. The van der Waals surface area contributed by atoms with Crippen molar-refractivity contribution in [2.45, 2.75) is 44.4 Å². The predicted molar refractivity (Wildman–Crippen MR) is 110 cm³/mol. The molecule has 1 unspecified atom stereocenters. The van der Waals surface area contributed by atoms with Crippen LogP contribution in [0.1, 0.15) is 44.6 Å². The molecular weight excluding hydrogens is 364 g/mol. The van der Waals surface area contributed by atoms with E-state index in [0.717, 1.165) is 37.4 Å². The van der Waals surface area contributed by atoms with E-state index in [9.17, 15) is 4.79 Å². The molecule has 2 fully saturated rings. The van der Waals surface area contributed by atoms with Gasteiger partial charge in [-0.2, -0.15) is 0 Å². The van der Waals surface area contributed by atoms with Gasteiger partial charge < -0.3 is 20.1 Å². The van der Waals surface area contributed by atoms with Crippen LogP contribution in [-0.4, -0.2) is 39.8 Å². The normalized spacial score (nSPS) is 20.0. The highest BCUT2D eigenvalue weighted by Crippen LogP contribution is 2.42. The van der Waals surface area contributed by atoms with Crippen LogP contribution in [0.15, 0.2) is 18.2 Å². The lowest BCUT2D eigenvalue weighted by molar-refractivity contribution is -0.127. The zero-order valence-corrected chi connectivity index (χ0v) is 17.5. The van der Waals surface area contributed by atoms with Crippen molar-refractivity contribution in [3.05, 3.63) is 23.8 Å². The van der Waals surface area contributed by atoms with Crippen LogP contribution in [0.3, 0.4) is 0 Å². The second-order valence-corrected chi connectivity index (χ2v) is 7.84. The molecule has 2 aliphatic rings. The number of carbonyl (C=O) groups is 1. The Morgan fingerprint density at radius 1 is 1.19 bits per heavy atom. The van der Waals surface area contributed by atoms with E-state index >= 15 is 0 Å². The summed E-state index contributed by atoms with van der Waals surface area (Å²) in [6, 6.07) is 6.21. The molecule has 1 aliphatic heterocycles. The maximum Gasteiger partial charge on any atom is 0.223 e. The molecule has 0 bridgehead atoms. The Morgan fingerprint density at radius 2 is 1.85 bits per heavy atom. The number of benzene rings is 1. The molecule has 1 saturated carbocycles. The fourth-order valence-corrected chi connectivity index (χ4v) is 4.26. The van der Waals surface area contributed by atoms with Gasteiger partial charge in [0.2, 0.25) is 5.91 Å². The van der Waals surface area contributed by atoms with Gasteiger partial charge in [0, 0.05) is 17.9 Å². The first kappa shape index (κ1) is 21.8. The van der Waals surface area contributed by atoms with E-state index in [0.29, 0.717) is 12.5 Å². The van der Waals surface area contributed by atoms with E-state index in [-0.39, 0.29) is 29.6 Å². The van der Waals surface area contributed by atoms with Crippen LogP contribution in [0.5, 0.6) is 11.5 Å². The number of rotatable bonds is 7. The number of halogens is 1. The van der Waals surface area contributed by atoms with E-state index in [1.165, 1.54) is 24.8 Å². The Morgan fingerprint density at radius 3 is 2.41 bits per heavy atom. The van der Waals surface area contributed by atoms with Crippen molar-refractivity contribution in [3.8, 4) is 11.5 Å². The smallest absolute Gasteiger partial charge is 0.223 e. The molecule has 6 heteroatoms. The number of methoxy groups -OCH3 is 2. The number of ether oxygens (including phenoxy) is 2. The molecule has 3 rings (SSSR count). The Kier molecular flexibility index (Phi) is 7.80. The summed E-state index contributed by atoms with van der Waals surface area (Å²) in [4.78, 5) is 12.6. The first-order valence-corrected chi connectivity index (χ1v) is 9.80. The molecule has 1 amide bonds. The van der Waals surface area contributed by atoms with E-state index in [4.69, 9.17) is 9.47 Å². The molecule has 27 heavy (non-hydrogen) atoms. The van der Waals surface area contributed by atoms with Crippen LogP contribution in [0.25, 0.3) is 0 Å². The first-order chi connectivity index (χ1) is 12.6. The lowest BCUT2D eigenvalue weighted by Gasteiger charge is -2.39. The van der Waals surface area contributed by atoms with Crippen molar-refractivity contribution in [1.29, 1.82) is 0 Å². The molecular formula is C21H33ClN2O3. The summed E-state index contributed by atoms with van der Waals surface area (Å²) < 4.78 is 10.9. The van der Waals surface area contributed by atoms with Crippen molar-refractivity contribution >= 4 is 18.3 Å². The van der Waals surface area contributed by atoms with Gasteiger partial charge >= 0.3 is 0 Å². The molecule has 0 aromatic heterocycles. The van der Waals surface area contributed by atoms with E-state index in [2.05, 4.69) is 22.8 Å². The van der Waals surface area contributed by atoms with Gasteiger partial charge in [0.15, 0.2) is 11.5 Å². The Bertz CT molecular complexity index is 628. The number of hydrogen-bond acceptors (Lipinski definition) is 4. The topological polar surface area (TPSA) is 59.6 Å². The molecule has 5 nitrogen and oxygen atoms in total. The van der Waals surface area contributed by atoms with Crippen LogP contribution in [0.2, 0.25) is 0 Å². The molecule has 2 N–H and O–H groups in total. The fraction of sp³-hybridized carbons (Fsp3) is 0.667. The monoisotopic (exact) mass is 396 g/mol. The van der Waals surface area contributed by atoms with E-state index in [1.54, 1.807) is 14.2 Å². The zero-order chi connectivity index (χ0) is 18.6. The highest BCUT2D eigenvalue weighted by Gasteiger charge is 2.36. The maximum absolute atomic E-state index is 12.6. The van der Waals surface area contributed by atoms with Crippen LogP contribution in [0.4, 0.5) is 0 Å². The van der Waals surface area contributed by atoms with Gasteiger partial charge in [-0.3, -0.25) is 4.79 Å². The number of nitrogens with one attached hydrogen (secondary N) is 2. The van der Waals surface area contributed by atoms with Crippen LogP contribution >= 0.6 is 12.4 Å². The molecule has 1 atom stereocenters. The summed E-state index contributed by atoms with van der Waals surface area (Å²) in [7, 11) is 3.33. The molecule has 0 radical (unpaired) electrons. The molecule has 1 aromatic rings. The van der Waals surface area contributed by atoms with Crippen LogP contribution in [0, 0.1) is 11.8 Å². The molecule has 152 valence electrons. The van der Waals surface area contributed by atoms with Gasteiger partial charge in [0.05, 0.1) is 14.2 Å². The number of hydrogen-bond donors (Lipinski definition) is 2. The third-order valence-electron chi connectivity index (χ3n) is 6.34. The third-order valence-corrected chi connectivity index (χ3v) is 6.34. The van der Waals surface area contributed by atoms with Gasteiger partial charge in [-0.05, 0) is 49.5 Å². The quantitative estimate of drug-likeness (QED) is 0.742. The zero-order valence-electron chi connectivity index (χ0n) is 16.7. The Hall–Kier alpha value is -1.46. The molecule has 0 spiro atoms. The van der Waals surface area contributed by atoms with Crippen molar-refractivity contribution in [2.24, 2.45) is 11.8 Å². The number of carbonyl (C=O) groups excluding carboxylic acids is 1. The summed E-state index contributed by atoms with van der Waals surface area (Å²) >= 11 is 0. The van der Waals surface area contributed by atoms with E-state index < -0.39 is 0 Å². The minimum Gasteiger partial charge on any atom is -0.493 e. The van der Waals surface area contributed by atoms with Crippen molar-refractivity contribution in [2.75, 3.05) is 33.9 Å². The summed E-state index contributed by atoms with van der Waals surface area (Å²) in [5.41, 5.74) is 1.23. The average Bonchev–Trinajstić information content (AvgIpc) is 2.64. The summed E-state index contributed by atoms with van der Waals surface area (Å²) in [5.74, 6) is 2.23. The molecule has 1 aliphatic carbocycles. The minimum absolute atomic E-state index is 0. The van der Waals surface area contributed by atoms with Crippen LogP contribution in [-0.2, 0) is 10.2 Å². The fourth-order valence-electron chi connectivity index (χ4n) is 4.26. The first-order valence-electron chi connectivity index (χ1n) is 9.80. The summed E-state index contributed by atoms with van der Waals surface area (Å²) in [6.07, 6.45) is 5.87. The van der Waals surface area contributed by atoms with Gasteiger partial charge in [0.1, 0.15) is 0 Å². The van der Waals surface area contributed by atoms with Crippen molar-refractivity contribution in [3.63, 3.8) is 0 Å². The molecule has 1 heterocycles. The van der Waals surface area contributed by atoms with Gasteiger partial charge in [-0.15, -0.1) is 12.4 Å². The summed E-state index contributed by atoms with van der Waals surface area (Å²) in [6.45, 7) is 4.65. The highest BCUT2D eigenvalue weighted by atomic mass is 35.5. The molecule has 1 aromatic carbocycles. The lowest BCUT2D eigenvalue weighted by Crippen LogP contribution is -2.51. The second-order valence-electron chi connectivity index (χ2n) is 7.84. The molecule has 1 saturated heterocycles. The number of amides is 1. The second kappa shape index (κ2) is 9.65. The summed E-state index contributed by atoms with van der Waals surface area (Å²) in [5, 5.41) is 6.52. The van der Waals surface area contributed by atoms with Gasteiger partial charge in [0.25, 0.3) is 0 Å². The van der Waals surface area contributed by atoms with Gasteiger partial charge in [-0.25, -0.2) is 0 Å². The standard InChI is InChI=1S/C21H32N2O3.ClH/c1-15(16-12-22-13-16)20(24)23-14-21(9-5-4-6-10-21)17-7-8-18(25-2)19(11-17)26-3;/h7-8,11,15-16,22H,4-6,9-10,12-14H2,1-3H3,(H,23,24);1H.